The molecule has 0 aliphatic heterocycles. The summed E-state index contributed by atoms with van der Waals surface area (Å²) < 4.78 is 25.4. The first kappa shape index (κ1) is 12.5. The van der Waals surface area contributed by atoms with Crippen LogP contribution in [0.25, 0.3) is 0 Å². The molecular formula is C10H14BrNO2S. The average Bonchev–Trinajstić information content (AvgIpc) is 2.05. The second-order valence-corrected chi connectivity index (χ2v) is 6.32. The fourth-order valence-electron chi connectivity index (χ4n) is 1.47. The molecule has 1 aromatic carbocycles. The molecule has 15 heavy (non-hydrogen) atoms. The molecule has 3 nitrogen and oxygen atoms in total. The minimum absolute atomic E-state index is 0.0984. The molecule has 0 fully saturated rings. The first-order valence-electron chi connectivity index (χ1n) is 4.58. The molecular weight excluding hydrogens is 278 g/mol. The molecule has 0 heterocycles. The smallest absolute Gasteiger partial charge is 0.232 e. The van der Waals surface area contributed by atoms with Crippen molar-refractivity contribution >= 4 is 31.6 Å². The van der Waals surface area contributed by atoms with Gasteiger partial charge in [0.05, 0.1) is 11.9 Å². The zero-order valence-corrected chi connectivity index (χ0v) is 11.3. The number of benzene rings is 1. The second-order valence-electron chi connectivity index (χ2n) is 3.60. The van der Waals surface area contributed by atoms with E-state index in [4.69, 9.17) is 0 Å². The monoisotopic (exact) mass is 291 g/mol. The number of rotatable bonds is 3. The van der Waals surface area contributed by atoms with Gasteiger partial charge in [-0.25, -0.2) is 8.42 Å². The average molecular weight is 292 g/mol. The van der Waals surface area contributed by atoms with E-state index >= 15 is 0 Å². The Morgan fingerprint density at radius 2 is 1.80 bits per heavy atom. The molecule has 0 aliphatic carbocycles. The first-order valence-corrected chi connectivity index (χ1v) is 7.22. The number of hydrogen-bond acceptors (Lipinski definition) is 2. The highest BCUT2D eigenvalue weighted by molar-refractivity contribution is 9.10. The van der Waals surface area contributed by atoms with Gasteiger partial charge in [-0.05, 0) is 41.9 Å². The fourth-order valence-corrected chi connectivity index (χ4v) is 3.35. The molecule has 0 radical (unpaired) electrons. The van der Waals surface area contributed by atoms with Gasteiger partial charge in [-0.2, -0.15) is 0 Å². The lowest BCUT2D eigenvalue weighted by Crippen LogP contribution is -2.36. The van der Waals surface area contributed by atoms with E-state index < -0.39 is 10.0 Å². The van der Waals surface area contributed by atoms with E-state index in [9.17, 15) is 8.42 Å². The molecule has 0 amide bonds. The largest absolute Gasteiger partial charge is 0.267 e. The molecule has 0 unspecified atom stereocenters. The number of sulfonamides is 1. The maximum atomic E-state index is 11.6. The third kappa shape index (κ3) is 2.95. The molecule has 1 aromatic rings. The summed E-state index contributed by atoms with van der Waals surface area (Å²) in [4.78, 5) is 0. The molecule has 0 aromatic heterocycles. The summed E-state index contributed by atoms with van der Waals surface area (Å²) >= 11 is 3.35. The minimum Gasteiger partial charge on any atom is -0.267 e. The maximum Gasteiger partial charge on any atom is 0.232 e. The van der Waals surface area contributed by atoms with Gasteiger partial charge in [0.25, 0.3) is 0 Å². The second kappa shape index (κ2) is 4.53. The van der Waals surface area contributed by atoms with Gasteiger partial charge in [-0.3, -0.25) is 4.31 Å². The Morgan fingerprint density at radius 1 is 1.27 bits per heavy atom. The quantitative estimate of drug-likeness (QED) is 0.859. The van der Waals surface area contributed by atoms with Crippen LogP contribution in [0.4, 0.5) is 5.69 Å². The van der Waals surface area contributed by atoms with E-state index in [0.717, 1.165) is 4.47 Å². The van der Waals surface area contributed by atoms with Crippen molar-refractivity contribution in [1.82, 2.24) is 0 Å². The molecule has 0 saturated heterocycles. The Morgan fingerprint density at radius 3 is 2.20 bits per heavy atom. The zero-order valence-electron chi connectivity index (χ0n) is 8.94. The highest BCUT2D eigenvalue weighted by atomic mass is 79.9. The predicted octanol–water partition coefficient (Wildman–Crippen LogP) is 2.62. The highest BCUT2D eigenvalue weighted by Gasteiger charge is 2.22. The van der Waals surface area contributed by atoms with Crippen LogP contribution in [0.3, 0.4) is 0 Å². The molecule has 0 spiro atoms. The highest BCUT2D eigenvalue weighted by Crippen LogP contribution is 2.29. The van der Waals surface area contributed by atoms with Crippen molar-refractivity contribution in [3.8, 4) is 0 Å². The van der Waals surface area contributed by atoms with Crippen LogP contribution in [0.1, 0.15) is 13.8 Å². The Balaban J connectivity index is 3.29. The Bertz CT molecular complexity index is 442. The zero-order chi connectivity index (χ0) is 11.6. The van der Waals surface area contributed by atoms with E-state index in [0.29, 0.717) is 5.69 Å². The molecule has 0 atom stereocenters. The predicted molar refractivity (Wildman–Crippen MR) is 66.6 cm³/mol. The van der Waals surface area contributed by atoms with Crippen LogP contribution in [0.5, 0.6) is 0 Å². The third-order valence-corrected chi connectivity index (χ3v) is 3.92. The Labute approximate surface area is 99.3 Å². The minimum atomic E-state index is -3.24. The summed E-state index contributed by atoms with van der Waals surface area (Å²) in [6, 6.07) is 7.19. The van der Waals surface area contributed by atoms with E-state index in [-0.39, 0.29) is 6.04 Å². The van der Waals surface area contributed by atoms with Crippen LogP contribution in [-0.2, 0) is 10.0 Å². The molecule has 1 rings (SSSR count). The molecule has 0 N–H and O–H groups in total. The van der Waals surface area contributed by atoms with Crippen molar-refractivity contribution in [2.75, 3.05) is 10.6 Å². The van der Waals surface area contributed by atoms with Gasteiger partial charge in [0.15, 0.2) is 0 Å². The van der Waals surface area contributed by atoms with Gasteiger partial charge in [0.1, 0.15) is 0 Å². The first-order chi connectivity index (χ1) is 6.84. The third-order valence-electron chi connectivity index (χ3n) is 1.92. The number of para-hydroxylation sites is 1. The molecule has 0 saturated carbocycles. The van der Waals surface area contributed by atoms with Crippen LogP contribution < -0.4 is 4.31 Å². The van der Waals surface area contributed by atoms with Crippen molar-refractivity contribution in [2.24, 2.45) is 0 Å². The summed E-state index contributed by atoms with van der Waals surface area (Å²) in [6.07, 6.45) is 1.21. The van der Waals surface area contributed by atoms with Gasteiger partial charge in [-0.15, -0.1) is 0 Å². The van der Waals surface area contributed by atoms with Crippen LogP contribution >= 0.6 is 15.9 Å². The Kier molecular flexibility index (Phi) is 3.78. The fraction of sp³-hybridized carbons (Fsp3) is 0.400. The lowest BCUT2D eigenvalue weighted by Gasteiger charge is -2.27. The summed E-state index contributed by atoms with van der Waals surface area (Å²) in [5.74, 6) is 0. The van der Waals surface area contributed by atoms with Gasteiger partial charge >= 0.3 is 0 Å². The van der Waals surface area contributed by atoms with Crippen molar-refractivity contribution in [1.29, 1.82) is 0 Å². The lowest BCUT2D eigenvalue weighted by atomic mass is 10.3. The standard InChI is InChI=1S/C10H14BrNO2S/c1-8(2)12(15(3,13)14)10-7-5-4-6-9(10)11/h4-8H,1-3H3. The summed E-state index contributed by atoms with van der Waals surface area (Å²) in [5, 5.41) is 0. The van der Waals surface area contributed by atoms with E-state index in [1.165, 1.54) is 10.6 Å². The van der Waals surface area contributed by atoms with Crippen LogP contribution in [0.2, 0.25) is 0 Å². The van der Waals surface area contributed by atoms with E-state index in [1.54, 1.807) is 6.07 Å². The van der Waals surface area contributed by atoms with Gasteiger partial charge < -0.3 is 0 Å². The topological polar surface area (TPSA) is 37.4 Å². The Hall–Kier alpha value is -0.550. The lowest BCUT2D eigenvalue weighted by molar-refractivity contribution is 0.590. The van der Waals surface area contributed by atoms with Gasteiger partial charge in [0, 0.05) is 10.5 Å². The van der Waals surface area contributed by atoms with Crippen molar-refractivity contribution < 1.29 is 8.42 Å². The number of anilines is 1. The normalized spacial score (nSPS) is 11.8. The van der Waals surface area contributed by atoms with Crippen molar-refractivity contribution in [3.63, 3.8) is 0 Å². The summed E-state index contributed by atoms with van der Waals surface area (Å²) in [5.41, 5.74) is 0.676. The van der Waals surface area contributed by atoms with E-state index in [2.05, 4.69) is 15.9 Å². The molecule has 0 aliphatic rings. The number of halogens is 1. The molecule has 5 heteroatoms. The van der Waals surface area contributed by atoms with Crippen molar-refractivity contribution in [2.45, 2.75) is 19.9 Å². The summed E-state index contributed by atoms with van der Waals surface area (Å²) in [7, 11) is -3.24. The van der Waals surface area contributed by atoms with Gasteiger partial charge in [-0.1, -0.05) is 12.1 Å². The number of nitrogens with zero attached hydrogens (tertiary/aromatic N) is 1. The maximum absolute atomic E-state index is 11.6. The number of hydrogen-bond donors (Lipinski definition) is 0. The van der Waals surface area contributed by atoms with Gasteiger partial charge in [0.2, 0.25) is 10.0 Å². The molecule has 84 valence electrons. The van der Waals surface area contributed by atoms with Crippen LogP contribution in [0.15, 0.2) is 28.7 Å². The van der Waals surface area contributed by atoms with Crippen molar-refractivity contribution in [3.05, 3.63) is 28.7 Å². The van der Waals surface area contributed by atoms with Crippen LogP contribution in [0, 0.1) is 0 Å². The van der Waals surface area contributed by atoms with Crippen LogP contribution in [-0.4, -0.2) is 20.7 Å². The van der Waals surface area contributed by atoms with E-state index in [1.807, 2.05) is 32.0 Å². The summed E-state index contributed by atoms with van der Waals surface area (Å²) in [6.45, 7) is 3.70. The molecule has 0 bridgehead atoms. The SMILES string of the molecule is CC(C)N(c1ccccc1Br)S(C)(=O)=O.